The number of nitrogens with zero attached hydrogens (tertiary/aromatic N) is 4. The number of aromatic nitrogens is 3. The molecule has 1 amide bonds. The Morgan fingerprint density at radius 3 is 2.82 bits per heavy atom. The SMILES string of the molecule is Cc1cc(=O)nc2c3ccccc3n([C@@H](C)C(=O)NCCN3CCOCC3)n12. The molecule has 4 rings (SSSR count). The number of carbonyl (C=O) groups is 1. The second kappa shape index (κ2) is 7.73. The molecule has 1 N–H and O–H groups in total. The summed E-state index contributed by atoms with van der Waals surface area (Å²) in [6.07, 6.45) is 0. The standard InChI is InChI=1S/C20H25N5O3/c1-14-13-18(26)22-19-16-5-3-4-6-17(16)25(24(14)19)15(2)20(27)21-7-8-23-9-11-28-12-10-23/h3-6,13,15H,7-12H2,1-2H3,(H,21,27)/t15-/m0/s1. The summed E-state index contributed by atoms with van der Waals surface area (Å²) in [5, 5.41) is 3.90. The van der Waals surface area contributed by atoms with Crippen molar-refractivity contribution in [3.8, 4) is 0 Å². The molecule has 1 fully saturated rings. The largest absolute Gasteiger partial charge is 0.379 e. The number of ether oxygens (including phenoxy) is 1. The number of hydrogen-bond acceptors (Lipinski definition) is 5. The number of rotatable bonds is 5. The van der Waals surface area contributed by atoms with Gasteiger partial charge in [0.25, 0.3) is 5.56 Å². The number of amides is 1. The molecule has 0 radical (unpaired) electrons. The lowest BCUT2D eigenvalue weighted by atomic mass is 10.2. The van der Waals surface area contributed by atoms with Crippen LogP contribution in [0.5, 0.6) is 0 Å². The van der Waals surface area contributed by atoms with Gasteiger partial charge in [0.15, 0.2) is 5.65 Å². The predicted octanol–water partition coefficient (Wildman–Crippen LogP) is 0.967. The lowest BCUT2D eigenvalue weighted by Crippen LogP contribution is -2.42. The Labute approximate surface area is 162 Å². The van der Waals surface area contributed by atoms with Crippen molar-refractivity contribution in [3.63, 3.8) is 0 Å². The van der Waals surface area contributed by atoms with Gasteiger partial charge in [0.2, 0.25) is 5.91 Å². The highest BCUT2D eigenvalue weighted by Gasteiger charge is 2.22. The monoisotopic (exact) mass is 383 g/mol. The average Bonchev–Trinajstić information content (AvgIpc) is 3.03. The molecule has 0 spiro atoms. The maximum absolute atomic E-state index is 12.9. The Bertz CT molecular complexity index is 1060. The van der Waals surface area contributed by atoms with Gasteiger partial charge in [-0.1, -0.05) is 12.1 Å². The van der Waals surface area contributed by atoms with Crippen molar-refractivity contribution in [2.24, 2.45) is 0 Å². The number of benzene rings is 1. The lowest BCUT2D eigenvalue weighted by Gasteiger charge is -2.26. The van der Waals surface area contributed by atoms with Crippen LogP contribution in [-0.4, -0.2) is 64.4 Å². The van der Waals surface area contributed by atoms with Crippen LogP contribution in [0.3, 0.4) is 0 Å². The molecular formula is C20H25N5O3. The van der Waals surface area contributed by atoms with Crippen LogP contribution in [0.1, 0.15) is 18.7 Å². The van der Waals surface area contributed by atoms with Crippen molar-refractivity contribution in [1.82, 2.24) is 24.4 Å². The van der Waals surface area contributed by atoms with Crippen LogP contribution in [0.25, 0.3) is 16.6 Å². The highest BCUT2D eigenvalue weighted by atomic mass is 16.5. The van der Waals surface area contributed by atoms with E-state index < -0.39 is 6.04 Å². The first kappa shape index (κ1) is 18.6. The molecule has 148 valence electrons. The molecule has 3 heterocycles. The summed E-state index contributed by atoms with van der Waals surface area (Å²) >= 11 is 0. The van der Waals surface area contributed by atoms with Crippen LogP contribution < -0.4 is 10.9 Å². The van der Waals surface area contributed by atoms with E-state index in [1.54, 1.807) is 0 Å². The minimum absolute atomic E-state index is 0.0611. The molecule has 8 heteroatoms. The summed E-state index contributed by atoms with van der Waals surface area (Å²) in [6.45, 7) is 8.41. The summed E-state index contributed by atoms with van der Waals surface area (Å²) in [5.41, 5.74) is 1.93. The minimum atomic E-state index is -0.449. The van der Waals surface area contributed by atoms with Gasteiger partial charge >= 0.3 is 0 Å². The van der Waals surface area contributed by atoms with Gasteiger partial charge in [-0.2, -0.15) is 4.98 Å². The van der Waals surface area contributed by atoms with Gasteiger partial charge in [-0.3, -0.25) is 19.2 Å². The van der Waals surface area contributed by atoms with Crippen molar-refractivity contribution in [1.29, 1.82) is 0 Å². The molecular weight excluding hydrogens is 358 g/mol. The van der Waals surface area contributed by atoms with Crippen molar-refractivity contribution in [2.75, 3.05) is 39.4 Å². The third kappa shape index (κ3) is 3.41. The Morgan fingerprint density at radius 1 is 1.29 bits per heavy atom. The van der Waals surface area contributed by atoms with Crippen LogP contribution >= 0.6 is 0 Å². The molecule has 1 saturated heterocycles. The smallest absolute Gasteiger partial charge is 0.273 e. The van der Waals surface area contributed by atoms with E-state index in [4.69, 9.17) is 4.74 Å². The van der Waals surface area contributed by atoms with Gasteiger partial charge in [-0.05, 0) is 26.0 Å². The highest BCUT2D eigenvalue weighted by molar-refractivity contribution is 5.94. The lowest BCUT2D eigenvalue weighted by molar-refractivity contribution is -0.124. The third-order valence-corrected chi connectivity index (χ3v) is 5.27. The normalized spacial score (nSPS) is 16.5. The molecule has 2 aromatic heterocycles. The summed E-state index contributed by atoms with van der Waals surface area (Å²) in [6, 6.07) is 8.76. The first-order chi connectivity index (χ1) is 13.6. The average molecular weight is 383 g/mol. The van der Waals surface area contributed by atoms with E-state index in [2.05, 4.69) is 15.2 Å². The molecule has 1 aromatic carbocycles. The maximum Gasteiger partial charge on any atom is 0.273 e. The van der Waals surface area contributed by atoms with Crippen LogP contribution in [0.4, 0.5) is 0 Å². The van der Waals surface area contributed by atoms with Gasteiger partial charge in [0, 0.05) is 43.3 Å². The number of para-hydroxylation sites is 1. The van der Waals surface area contributed by atoms with Crippen LogP contribution in [-0.2, 0) is 9.53 Å². The molecule has 0 aliphatic carbocycles. The molecule has 0 saturated carbocycles. The fourth-order valence-electron chi connectivity index (χ4n) is 3.81. The van der Waals surface area contributed by atoms with Gasteiger partial charge in [0.1, 0.15) is 6.04 Å². The number of fused-ring (bicyclic) bond motifs is 3. The zero-order valence-electron chi connectivity index (χ0n) is 16.2. The third-order valence-electron chi connectivity index (χ3n) is 5.27. The molecule has 1 aliphatic heterocycles. The van der Waals surface area contributed by atoms with Crippen LogP contribution in [0.15, 0.2) is 35.1 Å². The number of nitrogens with one attached hydrogen (secondary N) is 1. The van der Waals surface area contributed by atoms with E-state index in [0.717, 1.165) is 49.4 Å². The molecule has 28 heavy (non-hydrogen) atoms. The molecule has 8 nitrogen and oxygen atoms in total. The maximum atomic E-state index is 12.9. The number of aryl methyl sites for hydroxylation is 1. The first-order valence-corrected chi connectivity index (χ1v) is 9.63. The summed E-state index contributed by atoms with van der Waals surface area (Å²) in [5.74, 6) is -0.0611. The van der Waals surface area contributed by atoms with Crippen LogP contribution in [0.2, 0.25) is 0 Å². The Morgan fingerprint density at radius 2 is 2.04 bits per heavy atom. The number of hydrogen-bond donors (Lipinski definition) is 1. The van der Waals surface area contributed by atoms with Crippen molar-refractivity contribution in [3.05, 3.63) is 46.4 Å². The minimum Gasteiger partial charge on any atom is -0.379 e. The van der Waals surface area contributed by atoms with E-state index >= 15 is 0 Å². The highest BCUT2D eigenvalue weighted by Crippen LogP contribution is 2.24. The second-order valence-corrected chi connectivity index (χ2v) is 7.15. The summed E-state index contributed by atoms with van der Waals surface area (Å²) in [7, 11) is 0. The Kier molecular flexibility index (Phi) is 5.15. The number of morpholine rings is 1. The van der Waals surface area contributed by atoms with E-state index in [0.29, 0.717) is 12.2 Å². The molecule has 1 aliphatic rings. The molecule has 0 unspecified atom stereocenters. The molecule has 0 bridgehead atoms. The van der Waals surface area contributed by atoms with Crippen molar-refractivity contribution in [2.45, 2.75) is 19.9 Å². The predicted molar refractivity (Wildman–Crippen MR) is 107 cm³/mol. The van der Waals surface area contributed by atoms with E-state index in [1.807, 2.05) is 47.3 Å². The zero-order valence-corrected chi connectivity index (χ0v) is 16.2. The van der Waals surface area contributed by atoms with E-state index in [-0.39, 0.29) is 11.5 Å². The van der Waals surface area contributed by atoms with Crippen LogP contribution in [0, 0.1) is 6.92 Å². The topological polar surface area (TPSA) is 80.9 Å². The number of carbonyl (C=O) groups excluding carboxylic acids is 1. The summed E-state index contributed by atoms with van der Waals surface area (Å²) < 4.78 is 9.13. The fourth-order valence-corrected chi connectivity index (χ4v) is 3.81. The Hall–Kier alpha value is -2.71. The van der Waals surface area contributed by atoms with E-state index in [1.165, 1.54) is 6.07 Å². The zero-order chi connectivity index (χ0) is 19.7. The van der Waals surface area contributed by atoms with Gasteiger partial charge in [0.05, 0.1) is 18.7 Å². The fraction of sp³-hybridized carbons (Fsp3) is 0.450. The van der Waals surface area contributed by atoms with E-state index in [9.17, 15) is 9.59 Å². The van der Waals surface area contributed by atoms with Gasteiger partial charge in [-0.15, -0.1) is 0 Å². The van der Waals surface area contributed by atoms with Crippen molar-refractivity contribution >= 4 is 22.5 Å². The second-order valence-electron chi connectivity index (χ2n) is 7.15. The quantitative estimate of drug-likeness (QED) is 0.710. The van der Waals surface area contributed by atoms with Crippen molar-refractivity contribution < 1.29 is 9.53 Å². The Balaban J connectivity index is 1.61. The van der Waals surface area contributed by atoms with Gasteiger partial charge in [-0.25, -0.2) is 4.52 Å². The molecule has 3 aromatic rings. The molecule has 1 atom stereocenters. The summed E-state index contributed by atoms with van der Waals surface area (Å²) in [4.78, 5) is 31.3. The first-order valence-electron chi connectivity index (χ1n) is 9.63. The van der Waals surface area contributed by atoms with Gasteiger partial charge < -0.3 is 10.1 Å².